The summed E-state index contributed by atoms with van der Waals surface area (Å²) in [5, 5.41) is 9.23. The number of hydrogen-bond donors (Lipinski definition) is 3. The number of nitrogens with one attached hydrogen (secondary N) is 3. The minimum absolute atomic E-state index is 0.167. The molecular weight excluding hydrogens is 244 g/mol. The average Bonchev–Trinajstić information content (AvgIpc) is 2.52. The summed E-state index contributed by atoms with van der Waals surface area (Å²) in [6.45, 7) is 3.88. The number of aromatic amines is 1. The molecule has 0 saturated heterocycles. The molecule has 0 atom stereocenters. The summed E-state index contributed by atoms with van der Waals surface area (Å²) in [5.74, 6) is -0.260. The monoisotopic (exact) mass is 260 g/mol. The van der Waals surface area contributed by atoms with Gasteiger partial charge in [-0.3, -0.25) is 9.89 Å². The molecule has 8 heteroatoms. The Balaban J connectivity index is 2.46. The van der Waals surface area contributed by atoms with E-state index >= 15 is 0 Å². The number of nitrogens with zero attached hydrogens (tertiary/aromatic N) is 1. The van der Waals surface area contributed by atoms with Gasteiger partial charge in [-0.1, -0.05) is 0 Å². The number of carbonyl (C=O) groups is 1. The number of rotatable bonds is 5. The first-order chi connectivity index (χ1) is 7.81. The highest BCUT2D eigenvalue weighted by Crippen LogP contribution is 2.08. The lowest BCUT2D eigenvalue weighted by molar-refractivity contribution is 0.0953. The van der Waals surface area contributed by atoms with Gasteiger partial charge in [-0.05, 0) is 13.8 Å². The Morgan fingerprint density at radius 2 is 2.00 bits per heavy atom. The van der Waals surface area contributed by atoms with Crippen LogP contribution in [0.4, 0.5) is 0 Å². The van der Waals surface area contributed by atoms with Gasteiger partial charge in [-0.15, -0.1) is 0 Å². The molecule has 0 aliphatic rings. The Kier molecular flexibility index (Phi) is 4.24. The van der Waals surface area contributed by atoms with Crippen LogP contribution in [-0.2, 0) is 10.0 Å². The first kappa shape index (κ1) is 13.7. The van der Waals surface area contributed by atoms with E-state index in [1.54, 1.807) is 13.8 Å². The van der Waals surface area contributed by atoms with Crippen molar-refractivity contribution < 1.29 is 13.2 Å². The van der Waals surface area contributed by atoms with Crippen molar-refractivity contribution in [1.82, 2.24) is 20.2 Å². The third kappa shape index (κ3) is 4.16. The summed E-state index contributed by atoms with van der Waals surface area (Å²) in [5.41, 5.74) is 1.82. The highest BCUT2D eigenvalue weighted by Gasteiger charge is 2.14. The van der Waals surface area contributed by atoms with Gasteiger partial charge >= 0.3 is 0 Å². The molecule has 0 aromatic carbocycles. The van der Waals surface area contributed by atoms with Crippen molar-refractivity contribution in [1.29, 1.82) is 0 Å². The standard InChI is InChI=1S/C9H16N4O3S/c1-6-8(7(2)13-12-6)9(14)10-4-5-11-17(3,15)16/h11H,4-5H2,1-3H3,(H,10,14)(H,12,13). The van der Waals surface area contributed by atoms with Crippen LogP contribution >= 0.6 is 0 Å². The smallest absolute Gasteiger partial charge is 0.255 e. The molecule has 0 aliphatic heterocycles. The lowest BCUT2D eigenvalue weighted by Gasteiger charge is -2.05. The van der Waals surface area contributed by atoms with Crippen LogP contribution in [0.15, 0.2) is 0 Å². The molecule has 0 saturated carbocycles. The van der Waals surface area contributed by atoms with Crippen molar-refractivity contribution in [2.24, 2.45) is 0 Å². The van der Waals surface area contributed by atoms with Crippen molar-refractivity contribution in [2.45, 2.75) is 13.8 Å². The molecule has 0 fully saturated rings. The summed E-state index contributed by atoms with van der Waals surface area (Å²) < 4.78 is 23.8. The third-order valence-electron chi connectivity index (χ3n) is 2.13. The van der Waals surface area contributed by atoms with E-state index < -0.39 is 10.0 Å². The normalized spacial score (nSPS) is 11.5. The van der Waals surface area contributed by atoms with E-state index in [4.69, 9.17) is 0 Å². The summed E-state index contributed by atoms with van der Waals surface area (Å²) in [7, 11) is -3.21. The Morgan fingerprint density at radius 1 is 1.35 bits per heavy atom. The number of carbonyl (C=O) groups excluding carboxylic acids is 1. The number of aromatic nitrogens is 2. The summed E-state index contributed by atoms with van der Waals surface area (Å²) >= 11 is 0. The topological polar surface area (TPSA) is 104 Å². The van der Waals surface area contributed by atoms with Gasteiger partial charge in [0, 0.05) is 18.8 Å². The van der Waals surface area contributed by atoms with Gasteiger partial charge in [-0.25, -0.2) is 13.1 Å². The minimum atomic E-state index is -3.21. The molecule has 0 unspecified atom stereocenters. The number of H-pyrrole nitrogens is 1. The average molecular weight is 260 g/mol. The van der Waals surface area contributed by atoms with E-state index in [0.717, 1.165) is 6.26 Å². The van der Waals surface area contributed by atoms with Gasteiger partial charge < -0.3 is 5.32 Å². The molecule has 0 spiro atoms. The fraction of sp³-hybridized carbons (Fsp3) is 0.556. The van der Waals surface area contributed by atoms with Crippen LogP contribution in [-0.4, -0.2) is 43.9 Å². The summed E-state index contributed by atoms with van der Waals surface area (Å²) in [6, 6.07) is 0. The van der Waals surface area contributed by atoms with Gasteiger partial charge in [0.05, 0.1) is 17.5 Å². The van der Waals surface area contributed by atoms with Crippen molar-refractivity contribution in [2.75, 3.05) is 19.3 Å². The largest absolute Gasteiger partial charge is 0.351 e. The zero-order valence-electron chi connectivity index (χ0n) is 9.99. The highest BCUT2D eigenvalue weighted by molar-refractivity contribution is 7.88. The van der Waals surface area contributed by atoms with Crippen molar-refractivity contribution >= 4 is 15.9 Å². The first-order valence-electron chi connectivity index (χ1n) is 5.05. The Morgan fingerprint density at radius 3 is 2.47 bits per heavy atom. The SMILES string of the molecule is Cc1n[nH]c(C)c1C(=O)NCCNS(C)(=O)=O. The fourth-order valence-corrected chi connectivity index (χ4v) is 1.86. The molecule has 0 radical (unpaired) electrons. The van der Waals surface area contributed by atoms with Crippen LogP contribution in [0.25, 0.3) is 0 Å². The molecule has 0 bridgehead atoms. The minimum Gasteiger partial charge on any atom is -0.351 e. The third-order valence-corrected chi connectivity index (χ3v) is 2.86. The fourth-order valence-electron chi connectivity index (χ4n) is 1.39. The summed E-state index contributed by atoms with van der Waals surface area (Å²) in [6.07, 6.45) is 1.07. The maximum atomic E-state index is 11.7. The van der Waals surface area contributed by atoms with E-state index in [0.29, 0.717) is 17.0 Å². The van der Waals surface area contributed by atoms with E-state index in [-0.39, 0.29) is 19.0 Å². The second-order valence-corrected chi connectivity index (χ2v) is 5.56. The Labute approximate surface area is 100 Å². The molecule has 17 heavy (non-hydrogen) atoms. The molecule has 96 valence electrons. The van der Waals surface area contributed by atoms with Crippen molar-refractivity contribution in [3.63, 3.8) is 0 Å². The zero-order chi connectivity index (χ0) is 13.1. The summed E-state index contributed by atoms with van der Waals surface area (Å²) in [4.78, 5) is 11.7. The van der Waals surface area contributed by atoms with E-state index in [2.05, 4.69) is 20.2 Å². The lowest BCUT2D eigenvalue weighted by Crippen LogP contribution is -2.34. The number of amides is 1. The Hall–Kier alpha value is -1.41. The molecule has 3 N–H and O–H groups in total. The molecule has 1 aromatic rings. The molecule has 1 aromatic heterocycles. The first-order valence-corrected chi connectivity index (χ1v) is 6.95. The van der Waals surface area contributed by atoms with Crippen LogP contribution in [0.3, 0.4) is 0 Å². The van der Waals surface area contributed by atoms with Crippen molar-refractivity contribution in [3.05, 3.63) is 17.0 Å². The van der Waals surface area contributed by atoms with Gasteiger partial charge in [0.15, 0.2) is 0 Å². The molecule has 1 heterocycles. The number of aryl methyl sites for hydroxylation is 2. The van der Waals surface area contributed by atoms with Crippen LogP contribution in [0.5, 0.6) is 0 Å². The molecule has 1 rings (SSSR count). The second-order valence-electron chi connectivity index (χ2n) is 3.73. The van der Waals surface area contributed by atoms with Gasteiger partial charge in [0.25, 0.3) is 5.91 Å². The van der Waals surface area contributed by atoms with Crippen LogP contribution in [0.1, 0.15) is 21.7 Å². The zero-order valence-corrected chi connectivity index (χ0v) is 10.8. The maximum Gasteiger partial charge on any atom is 0.255 e. The van der Waals surface area contributed by atoms with Gasteiger partial charge in [0.1, 0.15) is 0 Å². The van der Waals surface area contributed by atoms with E-state index in [1.807, 2.05) is 0 Å². The predicted molar refractivity (Wildman–Crippen MR) is 63.2 cm³/mol. The number of hydrogen-bond acceptors (Lipinski definition) is 4. The molecule has 0 aliphatic carbocycles. The van der Waals surface area contributed by atoms with E-state index in [9.17, 15) is 13.2 Å². The number of sulfonamides is 1. The highest BCUT2D eigenvalue weighted by atomic mass is 32.2. The van der Waals surface area contributed by atoms with Crippen molar-refractivity contribution in [3.8, 4) is 0 Å². The van der Waals surface area contributed by atoms with Crippen LogP contribution < -0.4 is 10.0 Å². The molecular formula is C9H16N4O3S. The maximum absolute atomic E-state index is 11.7. The quantitative estimate of drug-likeness (QED) is 0.609. The van der Waals surface area contributed by atoms with E-state index in [1.165, 1.54) is 0 Å². The molecule has 1 amide bonds. The van der Waals surface area contributed by atoms with Gasteiger partial charge in [0.2, 0.25) is 10.0 Å². The van der Waals surface area contributed by atoms with Crippen LogP contribution in [0, 0.1) is 13.8 Å². The van der Waals surface area contributed by atoms with Crippen LogP contribution in [0.2, 0.25) is 0 Å². The Bertz CT molecular complexity index is 487. The molecule has 7 nitrogen and oxygen atoms in total. The van der Waals surface area contributed by atoms with Gasteiger partial charge in [-0.2, -0.15) is 5.10 Å². The predicted octanol–water partition coefficient (Wildman–Crippen LogP) is -0.694. The second kappa shape index (κ2) is 5.28. The lowest BCUT2D eigenvalue weighted by atomic mass is 10.2.